The van der Waals surface area contributed by atoms with E-state index in [0.717, 1.165) is 42.6 Å². The number of anilines is 1. The van der Waals surface area contributed by atoms with Gasteiger partial charge in [-0.05, 0) is 24.6 Å². The fourth-order valence-corrected chi connectivity index (χ4v) is 2.09. The van der Waals surface area contributed by atoms with Crippen molar-refractivity contribution in [1.82, 2.24) is 9.38 Å². The summed E-state index contributed by atoms with van der Waals surface area (Å²) in [7, 11) is 1.98. The second-order valence-corrected chi connectivity index (χ2v) is 4.70. The number of unbranched alkanes of at least 4 members (excludes halogenated alkanes) is 1. The molecule has 0 fully saturated rings. The van der Waals surface area contributed by atoms with Crippen LogP contribution in [0.3, 0.4) is 0 Å². The van der Waals surface area contributed by atoms with E-state index < -0.39 is 5.97 Å². The lowest BCUT2D eigenvalue weighted by Crippen LogP contribution is -2.19. The summed E-state index contributed by atoms with van der Waals surface area (Å²) in [6.07, 6.45) is 6.82. The summed E-state index contributed by atoms with van der Waals surface area (Å²) in [6, 6.07) is 5.74. The van der Waals surface area contributed by atoms with E-state index in [1.54, 1.807) is 6.08 Å². The molecule has 20 heavy (non-hydrogen) atoms. The summed E-state index contributed by atoms with van der Waals surface area (Å²) in [5.74, 6) is -0.153. The molecule has 5 heteroatoms. The molecule has 0 aliphatic rings. The van der Waals surface area contributed by atoms with Gasteiger partial charge in [-0.1, -0.05) is 19.4 Å². The van der Waals surface area contributed by atoms with Crippen LogP contribution in [-0.4, -0.2) is 34.1 Å². The first kappa shape index (κ1) is 14.1. The SMILES string of the molecule is CCCCN(C)c1nc2ccccn2c1/C=C/C(=O)O. The Hall–Kier alpha value is -2.30. The van der Waals surface area contributed by atoms with Crippen LogP contribution in [0, 0.1) is 0 Å². The standard InChI is InChI=1S/C15H19N3O2/c1-3-4-10-17(2)15-12(8-9-14(19)20)18-11-6-5-7-13(18)16-15/h5-9,11H,3-4,10H2,1-2H3,(H,19,20)/b9-8+. The van der Waals surface area contributed by atoms with E-state index in [0.29, 0.717) is 0 Å². The molecular formula is C15H19N3O2. The molecule has 0 saturated heterocycles. The Labute approximate surface area is 118 Å². The third-order valence-corrected chi connectivity index (χ3v) is 3.14. The lowest BCUT2D eigenvalue weighted by molar-refractivity contribution is -0.131. The lowest BCUT2D eigenvalue weighted by atomic mass is 10.3. The second kappa shape index (κ2) is 6.23. The lowest BCUT2D eigenvalue weighted by Gasteiger charge is -2.16. The van der Waals surface area contributed by atoms with Crippen molar-refractivity contribution >= 4 is 23.5 Å². The van der Waals surface area contributed by atoms with E-state index in [1.807, 2.05) is 35.8 Å². The summed E-state index contributed by atoms with van der Waals surface area (Å²) in [6.45, 7) is 3.04. The molecule has 5 nitrogen and oxygen atoms in total. The van der Waals surface area contributed by atoms with E-state index >= 15 is 0 Å². The quantitative estimate of drug-likeness (QED) is 0.822. The first-order valence-corrected chi connectivity index (χ1v) is 6.72. The Morgan fingerprint density at radius 1 is 1.50 bits per heavy atom. The van der Waals surface area contributed by atoms with Crippen LogP contribution in [0.25, 0.3) is 11.7 Å². The fourth-order valence-electron chi connectivity index (χ4n) is 2.09. The highest BCUT2D eigenvalue weighted by Crippen LogP contribution is 2.22. The van der Waals surface area contributed by atoms with Gasteiger partial charge in [-0.3, -0.25) is 4.40 Å². The van der Waals surface area contributed by atoms with Gasteiger partial charge in [0.1, 0.15) is 5.65 Å². The number of imidazole rings is 1. The molecule has 0 unspecified atom stereocenters. The minimum Gasteiger partial charge on any atom is -0.478 e. The van der Waals surface area contributed by atoms with Gasteiger partial charge < -0.3 is 10.0 Å². The van der Waals surface area contributed by atoms with Crippen LogP contribution in [-0.2, 0) is 4.79 Å². The molecule has 0 amide bonds. The molecule has 0 saturated carbocycles. The van der Waals surface area contributed by atoms with Gasteiger partial charge in [0, 0.05) is 25.9 Å². The maximum atomic E-state index is 10.8. The molecule has 2 rings (SSSR count). The van der Waals surface area contributed by atoms with E-state index in [4.69, 9.17) is 5.11 Å². The van der Waals surface area contributed by atoms with Crippen molar-refractivity contribution < 1.29 is 9.90 Å². The molecule has 2 aromatic heterocycles. The number of carboxylic acid groups (broad SMARTS) is 1. The van der Waals surface area contributed by atoms with Crippen molar-refractivity contribution in [3.8, 4) is 0 Å². The molecule has 0 aliphatic heterocycles. The van der Waals surface area contributed by atoms with Gasteiger partial charge in [0.15, 0.2) is 5.82 Å². The molecule has 0 bridgehead atoms. The Bertz CT molecular complexity index is 631. The number of rotatable bonds is 6. The van der Waals surface area contributed by atoms with Crippen LogP contribution < -0.4 is 4.90 Å². The summed E-state index contributed by atoms with van der Waals surface area (Å²) in [5, 5.41) is 8.83. The van der Waals surface area contributed by atoms with Gasteiger partial charge in [0.05, 0.1) is 5.69 Å². The smallest absolute Gasteiger partial charge is 0.328 e. The van der Waals surface area contributed by atoms with E-state index in [1.165, 1.54) is 0 Å². The van der Waals surface area contributed by atoms with Crippen LogP contribution in [0.4, 0.5) is 5.82 Å². The molecule has 1 N–H and O–H groups in total. The molecule has 106 valence electrons. The van der Waals surface area contributed by atoms with E-state index in [-0.39, 0.29) is 0 Å². The predicted molar refractivity (Wildman–Crippen MR) is 80.0 cm³/mol. The van der Waals surface area contributed by atoms with Crippen molar-refractivity contribution in [3.63, 3.8) is 0 Å². The number of fused-ring (bicyclic) bond motifs is 1. The molecule has 2 aromatic rings. The van der Waals surface area contributed by atoms with E-state index in [9.17, 15) is 4.79 Å². The maximum Gasteiger partial charge on any atom is 0.328 e. The molecule has 0 aromatic carbocycles. The molecule has 0 aliphatic carbocycles. The zero-order valence-electron chi connectivity index (χ0n) is 11.8. The monoisotopic (exact) mass is 273 g/mol. The van der Waals surface area contributed by atoms with Gasteiger partial charge in [0.2, 0.25) is 0 Å². The zero-order valence-corrected chi connectivity index (χ0v) is 11.8. The first-order valence-electron chi connectivity index (χ1n) is 6.72. The highest BCUT2D eigenvalue weighted by Gasteiger charge is 2.13. The van der Waals surface area contributed by atoms with Crippen molar-refractivity contribution in [2.45, 2.75) is 19.8 Å². The van der Waals surface area contributed by atoms with Crippen molar-refractivity contribution in [1.29, 1.82) is 0 Å². The number of carboxylic acids is 1. The van der Waals surface area contributed by atoms with E-state index in [2.05, 4.69) is 16.8 Å². The predicted octanol–water partition coefficient (Wildman–Crippen LogP) is 2.67. The number of hydrogen-bond acceptors (Lipinski definition) is 3. The van der Waals surface area contributed by atoms with Crippen LogP contribution in [0.5, 0.6) is 0 Å². The minimum atomic E-state index is -0.960. The van der Waals surface area contributed by atoms with Gasteiger partial charge in [-0.25, -0.2) is 9.78 Å². The molecule has 0 spiro atoms. The maximum absolute atomic E-state index is 10.8. The number of carbonyl (C=O) groups is 1. The van der Waals surface area contributed by atoms with Gasteiger partial charge in [-0.15, -0.1) is 0 Å². The number of aromatic nitrogens is 2. The van der Waals surface area contributed by atoms with Crippen LogP contribution in [0.15, 0.2) is 30.5 Å². The summed E-state index contributed by atoms with van der Waals surface area (Å²) in [4.78, 5) is 17.4. The first-order chi connectivity index (χ1) is 9.63. The van der Waals surface area contributed by atoms with Gasteiger partial charge in [0.25, 0.3) is 0 Å². The van der Waals surface area contributed by atoms with Crippen LogP contribution in [0.2, 0.25) is 0 Å². The Balaban J connectivity index is 2.46. The van der Waals surface area contributed by atoms with Crippen molar-refractivity contribution in [2.24, 2.45) is 0 Å². The summed E-state index contributed by atoms with van der Waals surface area (Å²) < 4.78 is 1.90. The highest BCUT2D eigenvalue weighted by molar-refractivity contribution is 5.86. The second-order valence-electron chi connectivity index (χ2n) is 4.70. The van der Waals surface area contributed by atoms with Crippen LogP contribution in [0.1, 0.15) is 25.5 Å². The zero-order chi connectivity index (χ0) is 14.5. The molecule has 0 radical (unpaired) electrons. The normalized spacial score (nSPS) is 11.3. The molecular weight excluding hydrogens is 254 g/mol. The average molecular weight is 273 g/mol. The summed E-state index contributed by atoms with van der Waals surface area (Å²) in [5.41, 5.74) is 1.61. The molecule has 0 atom stereocenters. The van der Waals surface area contributed by atoms with Gasteiger partial charge in [-0.2, -0.15) is 0 Å². The molecule has 2 heterocycles. The van der Waals surface area contributed by atoms with Crippen LogP contribution >= 0.6 is 0 Å². The third-order valence-electron chi connectivity index (χ3n) is 3.14. The number of hydrogen-bond donors (Lipinski definition) is 1. The number of nitrogens with zero attached hydrogens (tertiary/aromatic N) is 3. The minimum absolute atomic E-state index is 0.793. The Morgan fingerprint density at radius 3 is 3.00 bits per heavy atom. The largest absolute Gasteiger partial charge is 0.478 e. The average Bonchev–Trinajstić information content (AvgIpc) is 2.81. The topological polar surface area (TPSA) is 57.8 Å². The highest BCUT2D eigenvalue weighted by atomic mass is 16.4. The number of aliphatic carboxylic acids is 1. The van der Waals surface area contributed by atoms with Crippen molar-refractivity contribution in [2.75, 3.05) is 18.5 Å². The Kier molecular flexibility index (Phi) is 4.40. The Morgan fingerprint density at radius 2 is 2.30 bits per heavy atom. The van der Waals surface area contributed by atoms with Gasteiger partial charge >= 0.3 is 5.97 Å². The van der Waals surface area contributed by atoms with Crippen molar-refractivity contribution in [3.05, 3.63) is 36.2 Å². The third kappa shape index (κ3) is 2.99. The fraction of sp³-hybridized carbons (Fsp3) is 0.333. The summed E-state index contributed by atoms with van der Waals surface area (Å²) >= 11 is 0. The number of pyridine rings is 1.